The maximum Gasteiger partial charge on any atom is 0.121 e. The first-order valence-corrected chi connectivity index (χ1v) is 4.98. The molecule has 4 heteroatoms. The fraction of sp³-hybridized carbons (Fsp3) is 0.400. The molecule has 0 saturated carbocycles. The molecule has 0 bridgehead atoms. The van der Waals surface area contributed by atoms with Gasteiger partial charge >= 0.3 is 0 Å². The van der Waals surface area contributed by atoms with Gasteiger partial charge in [-0.05, 0) is 31.5 Å². The molecule has 0 unspecified atom stereocenters. The van der Waals surface area contributed by atoms with Gasteiger partial charge in [0.15, 0.2) is 0 Å². The van der Waals surface area contributed by atoms with E-state index in [0.29, 0.717) is 6.17 Å². The van der Waals surface area contributed by atoms with Gasteiger partial charge in [0, 0.05) is 0 Å². The lowest BCUT2D eigenvalue weighted by Gasteiger charge is -2.07. The van der Waals surface area contributed by atoms with E-state index < -0.39 is 0 Å². The Labute approximate surface area is 81.9 Å². The van der Waals surface area contributed by atoms with Crippen LogP contribution < -0.4 is 5.32 Å². The van der Waals surface area contributed by atoms with Gasteiger partial charge < -0.3 is 0 Å². The highest BCUT2D eigenvalue weighted by atomic mass is 15.5. The van der Waals surface area contributed by atoms with Crippen LogP contribution in [0.3, 0.4) is 0 Å². The van der Waals surface area contributed by atoms with Crippen LogP contribution in [0.15, 0.2) is 24.3 Å². The van der Waals surface area contributed by atoms with Crippen LogP contribution in [0.25, 0.3) is 11.0 Å². The van der Waals surface area contributed by atoms with Crippen LogP contribution >= 0.6 is 0 Å². The highest BCUT2D eigenvalue weighted by Gasteiger charge is 2.17. The summed E-state index contributed by atoms with van der Waals surface area (Å²) in [4.78, 5) is 1.80. The smallest absolute Gasteiger partial charge is 0.121 e. The lowest BCUT2D eigenvalue weighted by molar-refractivity contribution is 0.382. The molecule has 1 aliphatic heterocycles. The lowest BCUT2D eigenvalue weighted by Crippen LogP contribution is -2.21. The van der Waals surface area contributed by atoms with Crippen LogP contribution in [0.2, 0.25) is 0 Å². The summed E-state index contributed by atoms with van der Waals surface area (Å²) in [6.07, 6.45) is 2.63. The van der Waals surface area contributed by atoms with Gasteiger partial charge in [-0.2, -0.15) is 15.0 Å². The van der Waals surface area contributed by atoms with Crippen LogP contribution in [-0.4, -0.2) is 21.5 Å². The summed E-state index contributed by atoms with van der Waals surface area (Å²) in [5.74, 6) is 0. The second kappa shape index (κ2) is 3.06. The van der Waals surface area contributed by atoms with Gasteiger partial charge in [0.1, 0.15) is 17.2 Å². The molecule has 2 aromatic rings. The second-order valence-electron chi connectivity index (χ2n) is 3.62. The predicted molar refractivity (Wildman–Crippen MR) is 53.8 cm³/mol. The van der Waals surface area contributed by atoms with Crippen molar-refractivity contribution in [1.29, 1.82) is 0 Å². The van der Waals surface area contributed by atoms with Gasteiger partial charge in [-0.15, -0.1) is 0 Å². The van der Waals surface area contributed by atoms with Crippen LogP contribution in [0.1, 0.15) is 19.0 Å². The Morgan fingerprint density at radius 1 is 1.21 bits per heavy atom. The zero-order valence-electron chi connectivity index (χ0n) is 7.85. The molecule has 1 atom stereocenters. The highest BCUT2D eigenvalue weighted by Crippen LogP contribution is 2.16. The van der Waals surface area contributed by atoms with Crippen molar-refractivity contribution in [2.24, 2.45) is 0 Å². The maximum atomic E-state index is 4.44. The Kier molecular flexibility index (Phi) is 1.73. The zero-order chi connectivity index (χ0) is 9.38. The second-order valence-corrected chi connectivity index (χ2v) is 3.62. The quantitative estimate of drug-likeness (QED) is 0.733. The van der Waals surface area contributed by atoms with Gasteiger partial charge in [0.25, 0.3) is 0 Å². The van der Waals surface area contributed by atoms with E-state index in [1.807, 2.05) is 24.3 Å². The zero-order valence-corrected chi connectivity index (χ0v) is 7.85. The lowest BCUT2D eigenvalue weighted by atomic mass is 10.3. The third kappa shape index (κ3) is 1.19. The first kappa shape index (κ1) is 7.94. The molecule has 0 spiro atoms. The van der Waals surface area contributed by atoms with E-state index in [4.69, 9.17) is 0 Å². The minimum absolute atomic E-state index is 0.294. The van der Waals surface area contributed by atoms with E-state index >= 15 is 0 Å². The predicted octanol–water partition coefficient (Wildman–Crippen LogP) is 1.31. The summed E-state index contributed by atoms with van der Waals surface area (Å²) in [6, 6.07) is 7.97. The molecule has 1 N–H and O–H groups in total. The molecule has 3 rings (SSSR count). The summed E-state index contributed by atoms with van der Waals surface area (Å²) < 4.78 is 0. The minimum atomic E-state index is 0.294. The van der Waals surface area contributed by atoms with Crippen molar-refractivity contribution in [3.63, 3.8) is 0 Å². The number of benzene rings is 1. The number of nitrogens with zero attached hydrogens (tertiary/aromatic N) is 3. The molecule has 1 aromatic carbocycles. The first-order valence-electron chi connectivity index (χ1n) is 4.98. The van der Waals surface area contributed by atoms with Crippen molar-refractivity contribution in [1.82, 2.24) is 20.3 Å². The molecule has 4 nitrogen and oxygen atoms in total. The fourth-order valence-corrected chi connectivity index (χ4v) is 1.88. The largest absolute Gasteiger partial charge is 0.294 e. The van der Waals surface area contributed by atoms with Crippen LogP contribution in [0, 0.1) is 0 Å². The standard InChI is InChI=1S/C10H12N4/c1-2-5-9-8(4-1)12-14(13-9)10-6-3-7-11-10/h1-2,4-5,10-11H,3,6-7H2/t10-/m0/s1. The number of rotatable bonds is 1. The summed E-state index contributed by atoms with van der Waals surface area (Å²) in [7, 11) is 0. The Morgan fingerprint density at radius 3 is 2.50 bits per heavy atom. The van der Waals surface area contributed by atoms with Crippen LogP contribution in [0.5, 0.6) is 0 Å². The molecule has 1 fully saturated rings. The van der Waals surface area contributed by atoms with E-state index in [1.54, 1.807) is 4.80 Å². The summed E-state index contributed by atoms with van der Waals surface area (Å²) in [6.45, 7) is 1.07. The molecule has 1 aliphatic rings. The van der Waals surface area contributed by atoms with Crippen LogP contribution in [0.4, 0.5) is 0 Å². The van der Waals surface area contributed by atoms with Crippen molar-refractivity contribution in [2.75, 3.05) is 6.54 Å². The van der Waals surface area contributed by atoms with Crippen molar-refractivity contribution in [3.05, 3.63) is 24.3 Å². The normalized spacial score (nSPS) is 21.9. The summed E-state index contributed by atoms with van der Waals surface area (Å²) in [5, 5.41) is 12.2. The molecule has 1 aromatic heterocycles. The molecule has 0 amide bonds. The van der Waals surface area contributed by atoms with E-state index in [1.165, 1.54) is 6.42 Å². The van der Waals surface area contributed by atoms with Gasteiger partial charge in [-0.25, -0.2) is 0 Å². The third-order valence-electron chi connectivity index (χ3n) is 2.62. The Bertz CT molecular complexity index is 409. The van der Waals surface area contributed by atoms with Gasteiger partial charge in [-0.1, -0.05) is 12.1 Å². The average molecular weight is 188 g/mol. The maximum absolute atomic E-state index is 4.44. The van der Waals surface area contributed by atoms with E-state index in [-0.39, 0.29) is 0 Å². The van der Waals surface area contributed by atoms with E-state index in [9.17, 15) is 0 Å². The van der Waals surface area contributed by atoms with Crippen molar-refractivity contribution in [2.45, 2.75) is 19.0 Å². The van der Waals surface area contributed by atoms with Crippen LogP contribution in [-0.2, 0) is 0 Å². The molecular weight excluding hydrogens is 176 g/mol. The number of hydrogen-bond acceptors (Lipinski definition) is 3. The Balaban J connectivity index is 2.05. The van der Waals surface area contributed by atoms with Gasteiger partial charge in [0.05, 0.1) is 0 Å². The Hall–Kier alpha value is -1.42. The summed E-state index contributed by atoms with van der Waals surface area (Å²) >= 11 is 0. The van der Waals surface area contributed by atoms with Gasteiger partial charge in [-0.3, -0.25) is 5.32 Å². The molecule has 2 heterocycles. The third-order valence-corrected chi connectivity index (χ3v) is 2.62. The van der Waals surface area contributed by atoms with Crippen molar-refractivity contribution < 1.29 is 0 Å². The number of fused-ring (bicyclic) bond motifs is 1. The van der Waals surface area contributed by atoms with Crippen molar-refractivity contribution in [3.8, 4) is 0 Å². The topological polar surface area (TPSA) is 42.7 Å². The molecule has 1 saturated heterocycles. The SMILES string of the molecule is c1ccc2nn([C@H]3CCCN3)nc2c1. The molecule has 14 heavy (non-hydrogen) atoms. The molecule has 0 aliphatic carbocycles. The molecular formula is C10H12N4. The van der Waals surface area contributed by atoms with E-state index in [0.717, 1.165) is 24.0 Å². The number of aromatic nitrogens is 3. The minimum Gasteiger partial charge on any atom is -0.294 e. The Morgan fingerprint density at radius 2 is 1.93 bits per heavy atom. The summed E-state index contributed by atoms with van der Waals surface area (Å²) in [5.41, 5.74) is 1.95. The monoisotopic (exact) mass is 188 g/mol. The number of nitrogens with one attached hydrogen (secondary N) is 1. The first-order chi connectivity index (χ1) is 6.93. The van der Waals surface area contributed by atoms with Gasteiger partial charge in [0.2, 0.25) is 0 Å². The van der Waals surface area contributed by atoms with Crippen molar-refractivity contribution >= 4 is 11.0 Å². The number of hydrogen-bond donors (Lipinski definition) is 1. The highest BCUT2D eigenvalue weighted by molar-refractivity contribution is 5.72. The van der Waals surface area contributed by atoms with E-state index in [2.05, 4.69) is 15.5 Å². The average Bonchev–Trinajstić information content (AvgIpc) is 2.86. The molecule has 72 valence electrons. The molecule has 0 radical (unpaired) electrons. The fourth-order valence-electron chi connectivity index (χ4n) is 1.88.